The maximum Gasteiger partial charge on any atom is 0.225 e. The van der Waals surface area contributed by atoms with Crippen molar-refractivity contribution in [1.29, 1.82) is 5.26 Å². The molecule has 0 spiro atoms. The number of hydrogen-bond acceptors (Lipinski definition) is 4. The lowest BCUT2D eigenvalue weighted by Gasteiger charge is -2.18. The standard InChI is InChI=1S/C31H26N4O2/c32-17-20-1-9-28-27(15-20)33-30(35(28)19-21-11-13-34(18-21)31(36)24-6-7-24)23-4-2-22(3-5-23)25-8-10-29-26(16-25)12-14-37-29/h1-5,8-10,12,14-16,21,24H,6-7,11,13,18-19H2/t21-/m1/s1. The minimum Gasteiger partial charge on any atom is -0.464 e. The number of likely N-dealkylation sites (tertiary alicyclic amines) is 1. The van der Waals surface area contributed by atoms with Crippen LogP contribution in [0.25, 0.3) is 44.5 Å². The summed E-state index contributed by atoms with van der Waals surface area (Å²) in [7, 11) is 0. The fourth-order valence-electron chi connectivity index (χ4n) is 5.59. The number of nitrogens with zero attached hydrogens (tertiary/aromatic N) is 4. The molecule has 5 aromatic rings. The first-order chi connectivity index (χ1) is 18.2. The number of aromatic nitrogens is 2. The van der Waals surface area contributed by atoms with Crippen molar-refractivity contribution in [3.8, 4) is 28.6 Å². The molecule has 0 bridgehead atoms. The lowest BCUT2D eigenvalue weighted by molar-refractivity contribution is -0.131. The number of furan rings is 1. The van der Waals surface area contributed by atoms with Crippen LogP contribution < -0.4 is 0 Å². The SMILES string of the molecule is N#Cc1ccc2c(c1)nc(-c1ccc(-c3ccc4occc4c3)cc1)n2C[C@@H]1CCN(C(=O)C2CC2)C1. The van der Waals surface area contributed by atoms with Crippen molar-refractivity contribution in [2.75, 3.05) is 13.1 Å². The molecule has 182 valence electrons. The van der Waals surface area contributed by atoms with Gasteiger partial charge >= 0.3 is 0 Å². The zero-order valence-corrected chi connectivity index (χ0v) is 20.4. The van der Waals surface area contributed by atoms with Crippen molar-refractivity contribution in [1.82, 2.24) is 14.5 Å². The third-order valence-corrected chi connectivity index (χ3v) is 7.77. The maximum atomic E-state index is 12.6. The smallest absolute Gasteiger partial charge is 0.225 e. The van der Waals surface area contributed by atoms with Crippen LogP contribution in [-0.2, 0) is 11.3 Å². The molecule has 3 heterocycles. The van der Waals surface area contributed by atoms with E-state index in [-0.39, 0.29) is 5.92 Å². The third-order valence-electron chi connectivity index (χ3n) is 7.77. The second-order valence-electron chi connectivity index (χ2n) is 10.3. The largest absolute Gasteiger partial charge is 0.464 e. The van der Waals surface area contributed by atoms with Gasteiger partial charge in [-0.1, -0.05) is 30.3 Å². The maximum absolute atomic E-state index is 12.6. The Morgan fingerprint density at radius 2 is 1.78 bits per heavy atom. The summed E-state index contributed by atoms with van der Waals surface area (Å²) >= 11 is 0. The van der Waals surface area contributed by atoms with Crippen molar-refractivity contribution in [3.63, 3.8) is 0 Å². The van der Waals surface area contributed by atoms with E-state index in [0.29, 0.717) is 17.4 Å². The summed E-state index contributed by atoms with van der Waals surface area (Å²) < 4.78 is 7.76. The lowest BCUT2D eigenvalue weighted by Crippen LogP contribution is -2.30. The highest BCUT2D eigenvalue weighted by molar-refractivity contribution is 5.85. The van der Waals surface area contributed by atoms with Gasteiger partial charge in [0, 0.05) is 36.5 Å². The molecule has 6 nitrogen and oxygen atoms in total. The molecule has 2 aliphatic rings. The number of nitriles is 1. The van der Waals surface area contributed by atoms with E-state index in [1.54, 1.807) is 6.26 Å². The lowest BCUT2D eigenvalue weighted by atomic mass is 10.0. The van der Waals surface area contributed by atoms with Gasteiger partial charge in [0.2, 0.25) is 5.91 Å². The van der Waals surface area contributed by atoms with Crippen LogP contribution in [0.1, 0.15) is 24.8 Å². The molecule has 1 amide bonds. The Morgan fingerprint density at radius 3 is 2.59 bits per heavy atom. The highest BCUT2D eigenvalue weighted by atomic mass is 16.3. The number of amides is 1. The second-order valence-corrected chi connectivity index (χ2v) is 10.3. The zero-order valence-electron chi connectivity index (χ0n) is 20.4. The third kappa shape index (κ3) is 3.97. The van der Waals surface area contributed by atoms with Crippen LogP contribution in [0.15, 0.2) is 77.4 Å². The van der Waals surface area contributed by atoms with E-state index < -0.39 is 0 Å². The molecule has 2 fully saturated rings. The van der Waals surface area contributed by atoms with E-state index in [2.05, 4.69) is 51.9 Å². The van der Waals surface area contributed by atoms with E-state index in [4.69, 9.17) is 9.40 Å². The number of imidazole rings is 1. The molecule has 7 rings (SSSR count). The number of carbonyl (C=O) groups is 1. The molecular weight excluding hydrogens is 460 g/mol. The van der Waals surface area contributed by atoms with Crippen molar-refractivity contribution in [2.24, 2.45) is 11.8 Å². The van der Waals surface area contributed by atoms with Crippen molar-refractivity contribution in [3.05, 3.63) is 78.6 Å². The number of fused-ring (bicyclic) bond motifs is 2. The number of benzene rings is 3. The van der Waals surface area contributed by atoms with Gasteiger partial charge in [-0.05, 0) is 72.7 Å². The molecule has 3 aromatic carbocycles. The van der Waals surface area contributed by atoms with E-state index in [1.165, 1.54) is 0 Å². The van der Waals surface area contributed by atoms with Gasteiger partial charge in [0.05, 0.1) is 28.9 Å². The van der Waals surface area contributed by atoms with Crippen LogP contribution >= 0.6 is 0 Å². The normalized spacial score (nSPS) is 17.5. The monoisotopic (exact) mass is 486 g/mol. The summed E-state index contributed by atoms with van der Waals surface area (Å²) in [5.41, 5.74) is 6.64. The number of carbonyl (C=O) groups excluding carboxylic acids is 1. The molecule has 1 aliphatic heterocycles. The fraction of sp³-hybridized carbons (Fsp3) is 0.258. The van der Waals surface area contributed by atoms with Gasteiger partial charge in [0.25, 0.3) is 0 Å². The fourth-order valence-corrected chi connectivity index (χ4v) is 5.59. The quantitative estimate of drug-likeness (QED) is 0.294. The van der Waals surface area contributed by atoms with E-state index in [1.807, 2.05) is 30.3 Å². The Bertz CT molecular complexity index is 1680. The molecule has 0 radical (unpaired) electrons. The molecule has 0 N–H and O–H groups in total. The predicted molar refractivity (Wildman–Crippen MR) is 143 cm³/mol. The molecule has 1 saturated carbocycles. The second kappa shape index (κ2) is 8.63. The van der Waals surface area contributed by atoms with Crippen molar-refractivity contribution >= 4 is 27.9 Å². The summed E-state index contributed by atoms with van der Waals surface area (Å²) in [5, 5.41) is 10.5. The van der Waals surface area contributed by atoms with Crippen LogP contribution in [0, 0.1) is 23.2 Å². The first-order valence-electron chi connectivity index (χ1n) is 12.9. The summed E-state index contributed by atoms with van der Waals surface area (Å²) in [6, 6.07) is 24.7. The van der Waals surface area contributed by atoms with Gasteiger partial charge < -0.3 is 13.9 Å². The van der Waals surface area contributed by atoms with Crippen LogP contribution in [0.2, 0.25) is 0 Å². The topological polar surface area (TPSA) is 75.1 Å². The van der Waals surface area contributed by atoms with Gasteiger partial charge in [0.15, 0.2) is 0 Å². The van der Waals surface area contributed by atoms with E-state index in [9.17, 15) is 10.1 Å². The van der Waals surface area contributed by atoms with Crippen molar-refractivity contribution in [2.45, 2.75) is 25.8 Å². The molecule has 2 aromatic heterocycles. The average Bonchev–Trinajstić information content (AvgIpc) is 3.33. The van der Waals surface area contributed by atoms with Crippen LogP contribution in [0.4, 0.5) is 0 Å². The first kappa shape index (κ1) is 21.9. The van der Waals surface area contributed by atoms with Gasteiger partial charge in [-0.3, -0.25) is 4.79 Å². The Kier molecular flexibility index (Phi) is 5.10. The molecule has 6 heteroatoms. The summed E-state index contributed by atoms with van der Waals surface area (Å²) in [6.07, 6.45) is 4.81. The Labute approximate surface area is 214 Å². The molecule has 1 atom stereocenters. The van der Waals surface area contributed by atoms with Gasteiger partial charge in [-0.2, -0.15) is 5.26 Å². The molecule has 37 heavy (non-hydrogen) atoms. The molecule has 1 aliphatic carbocycles. The minimum atomic E-state index is 0.264. The van der Waals surface area contributed by atoms with Gasteiger partial charge in [-0.15, -0.1) is 0 Å². The highest BCUT2D eigenvalue weighted by Crippen LogP contribution is 2.35. The van der Waals surface area contributed by atoms with Crippen LogP contribution in [0.3, 0.4) is 0 Å². The summed E-state index contributed by atoms with van der Waals surface area (Å²) in [5.74, 6) is 1.88. The first-order valence-corrected chi connectivity index (χ1v) is 12.9. The zero-order chi connectivity index (χ0) is 24.9. The Balaban J connectivity index is 1.22. The minimum absolute atomic E-state index is 0.264. The molecule has 1 saturated heterocycles. The average molecular weight is 487 g/mol. The Hall–Kier alpha value is -4.37. The Morgan fingerprint density at radius 1 is 0.973 bits per heavy atom. The van der Waals surface area contributed by atoms with Gasteiger partial charge in [-0.25, -0.2) is 4.98 Å². The highest BCUT2D eigenvalue weighted by Gasteiger charge is 2.36. The number of rotatable bonds is 5. The van der Waals surface area contributed by atoms with Crippen LogP contribution in [-0.4, -0.2) is 33.4 Å². The van der Waals surface area contributed by atoms with E-state index >= 15 is 0 Å². The number of hydrogen-bond donors (Lipinski definition) is 0. The molecular formula is C31H26N4O2. The molecule has 0 unspecified atom stereocenters. The van der Waals surface area contributed by atoms with Gasteiger partial charge in [0.1, 0.15) is 11.4 Å². The van der Waals surface area contributed by atoms with Crippen molar-refractivity contribution < 1.29 is 9.21 Å². The summed E-state index contributed by atoms with van der Waals surface area (Å²) in [4.78, 5) is 19.6. The van der Waals surface area contributed by atoms with E-state index in [0.717, 1.165) is 83.4 Å². The van der Waals surface area contributed by atoms with Crippen LogP contribution in [0.5, 0.6) is 0 Å². The predicted octanol–water partition coefficient (Wildman–Crippen LogP) is 6.25. The summed E-state index contributed by atoms with van der Waals surface area (Å²) in [6.45, 7) is 2.45.